The van der Waals surface area contributed by atoms with Crippen molar-refractivity contribution in [3.05, 3.63) is 59.3 Å². The van der Waals surface area contributed by atoms with Gasteiger partial charge in [0.05, 0.1) is 5.69 Å². The number of nitrogens with zero attached hydrogens (tertiary/aromatic N) is 3. The molecule has 0 aliphatic rings. The van der Waals surface area contributed by atoms with Crippen LogP contribution in [-0.4, -0.2) is 43.6 Å². The molecular formula is C19H22N4O4. The van der Waals surface area contributed by atoms with E-state index in [2.05, 4.69) is 20.6 Å². The SMILES string of the molecule is CNC(=O)C(=NOC)c1ccccc1COc1cccc(C(C)=NOC)n1. The number of likely N-dealkylation sites (N-methyl/N-ethyl adjacent to an activating group) is 1. The van der Waals surface area contributed by atoms with Crippen LogP contribution in [0.25, 0.3) is 0 Å². The number of benzene rings is 1. The summed E-state index contributed by atoms with van der Waals surface area (Å²) in [4.78, 5) is 26.1. The van der Waals surface area contributed by atoms with Gasteiger partial charge in [-0.2, -0.15) is 0 Å². The number of carbonyl (C=O) groups is 1. The summed E-state index contributed by atoms with van der Waals surface area (Å²) in [6, 6.07) is 12.7. The predicted octanol–water partition coefficient (Wildman–Crippen LogP) is 2.13. The van der Waals surface area contributed by atoms with Gasteiger partial charge in [-0.25, -0.2) is 4.98 Å². The van der Waals surface area contributed by atoms with Gasteiger partial charge in [0.25, 0.3) is 5.91 Å². The Morgan fingerprint density at radius 2 is 1.81 bits per heavy atom. The first-order chi connectivity index (χ1) is 13.1. The molecule has 0 aliphatic heterocycles. The Bertz CT molecular complexity index is 849. The molecule has 0 spiro atoms. The van der Waals surface area contributed by atoms with Crippen molar-refractivity contribution >= 4 is 17.3 Å². The number of hydrogen-bond acceptors (Lipinski definition) is 7. The zero-order valence-corrected chi connectivity index (χ0v) is 15.7. The highest BCUT2D eigenvalue weighted by atomic mass is 16.6. The van der Waals surface area contributed by atoms with Crippen molar-refractivity contribution in [2.24, 2.45) is 10.3 Å². The van der Waals surface area contributed by atoms with E-state index in [-0.39, 0.29) is 18.2 Å². The maximum atomic E-state index is 12.1. The fourth-order valence-electron chi connectivity index (χ4n) is 2.33. The van der Waals surface area contributed by atoms with Gasteiger partial charge >= 0.3 is 0 Å². The monoisotopic (exact) mass is 370 g/mol. The van der Waals surface area contributed by atoms with Gasteiger partial charge in [-0.15, -0.1) is 0 Å². The topological polar surface area (TPSA) is 94.4 Å². The van der Waals surface area contributed by atoms with Gasteiger partial charge < -0.3 is 19.7 Å². The molecule has 0 bridgehead atoms. The lowest BCUT2D eigenvalue weighted by Gasteiger charge is -2.12. The number of aromatic nitrogens is 1. The number of amides is 1. The van der Waals surface area contributed by atoms with Gasteiger partial charge in [-0.05, 0) is 18.6 Å². The Labute approximate surface area is 157 Å². The number of carbonyl (C=O) groups excluding carboxylic acids is 1. The van der Waals surface area contributed by atoms with Gasteiger partial charge in [0.15, 0.2) is 5.71 Å². The third kappa shape index (κ3) is 5.27. The van der Waals surface area contributed by atoms with Crippen molar-refractivity contribution in [3.63, 3.8) is 0 Å². The van der Waals surface area contributed by atoms with E-state index in [1.165, 1.54) is 21.3 Å². The predicted molar refractivity (Wildman–Crippen MR) is 102 cm³/mol. The summed E-state index contributed by atoms with van der Waals surface area (Å²) in [6.45, 7) is 1.99. The molecule has 2 aromatic rings. The minimum absolute atomic E-state index is 0.170. The fourth-order valence-corrected chi connectivity index (χ4v) is 2.33. The smallest absolute Gasteiger partial charge is 0.273 e. The van der Waals surface area contributed by atoms with Crippen molar-refractivity contribution in [2.45, 2.75) is 13.5 Å². The number of ether oxygens (including phenoxy) is 1. The highest BCUT2D eigenvalue weighted by Gasteiger charge is 2.17. The molecule has 0 aliphatic carbocycles. The standard InChI is InChI=1S/C19H22N4O4/c1-13(22-25-3)16-10-7-11-17(21-16)27-12-14-8-5-6-9-15(14)18(23-26-4)19(24)20-2/h5-11H,12H2,1-4H3,(H,20,24). The second-order valence-corrected chi connectivity index (χ2v) is 5.37. The van der Waals surface area contributed by atoms with Crippen LogP contribution in [-0.2, 0) is 21.1 Å². The number of rotatable bonds is 8. The molecular weight excluding hydrogens is 348 g/mol. The van der Waals surface area contributed by atoms with E-state index >= 15 is 0 Å². The number of hydrogen-bond donors (Lipinski definition) is 1. The molecule has 0 saturated heterocycles. The zero-order chi connectivity index (χ0) is 19.6. The summed E-state index contributed by atoms with van der Waals surface area (Å²) < 4.78 is 5.81. The van der Waals surface area contributed by atoms with Crippen LogP contribution in [0.3, 0.4) is 0 Å². The molecule has 27 heavy (non-hydrogen) atoms. The van der Waals surface area contributed by atoms with Crippen LogP contribution < -0.4 is 10.1 Å². The first-order valence-corrected chi connectivity index (χ1v) is 8.20. The first kappa shape index (κ1) is 19.9. The molecule has 1 aromatic carbocycles. The summed E-state index contributed by atoms with van der Waals surface area (Å²) in [7, 11) is 4.40. The normalized spacial score (nSPS) is 11.7. The highest BCUT2D eigenvalue weighted by molar-refractivity contribution is 6.45. The van der Waals surface area contributed by atoms with Gasteiger partial charge in [0, 0.05) is 18.7 Å². The fraction of sp³-hybridized carbons (Fsp3) is 0.263. The molecule has 1 aromatic heterocycles. The van der Waals surface area contributed by atoms with Crippen molar-refractivity contribution in [1.29, 1.82) is 0 Å². The quantitative estimate of drug-likeness (QED) is 0.567. The Balaban J connectivity index is 2.25. The van der Waals surface area contributed by atoms with E-state index in [0.717, 1.165) is 5.56 Å². The zero-order valence-electron chi connectivity index (χ0n) is 15.7. The molecule has 1 heterocycles. The van der Waals surface area contributed by atoms with Crippen molar-refractivity contribution < 1.29 is 19.2 Å². The lowest BCUT2D eigenvalue weighted by molar-refractivity contribution is -0.114. The molecule has 8 nitrogen and oxygen atoms in total. The Morgan fingerprint density at radius 3 is 2.52 bits per heavy atom. The molecule has 1 N–H and O–H groups in total. The second kappa shape index (κ2) is 9.91. The first-order valence-electron chi connectivity index (χ1n) is 8.20. The number of nitrogens with one attached hydrogen (secondary N) is 1. The Morgan fingerprint density at radius 1 is 1.07 bits per heavy atom. The number of pyridine rings is 1. The molecule has 8 heteroatoms. The van der Waals surface area contributed by atoms with Crippen molar-refractivity contribution in [2.75, 3.05) is 21.3 Å². The van der Waals surface area contributed by atoms with Crippen molar-refractivity contribution in [1.82, 2.24) is 10.3 Å². The molecule has 142 valence electrons. The third-order valence-corrected chi connectivity index (χ3v) is 3.60. The maximum Gasteiger partial charge on any atom is 0.273 e. The summed E-state index contributed by atoms with van der Waals surface area (Å²) in [5, 5.41) is 10.3. The molecule has 0 unspecified atom stereocenters. The minimum atomic E-state index is -0.351. The van der Waals surface area contributed by atoms with Crippen LogP contribution in [0.1, 0.15) is 23.7 Å². The van der Waals surface area contributed by atoms with E-state index in [1.54, 1.807) is 19.1 Å². The minimum Gasteiger partial charge on any atom is -0.473 e. The second-order valence-electron chi connectivity index (χ2n) is 5.37. The largest absolute Gasteiger partial charge is 0.473 e. The summed E-state index contributed by atoms with van der Waals surface area (Å²) in [5.41, 5.74) is 2.84. The molecule has 0 fully saturated rings. The summed E-state index contributed by atoms with van der Waals surface area (Å²) >= 11 is 0. The average molecular weight is 370 g/mol. The molecule has 0 atom stereocenters. The van der Waals surface area contributed by atoms with E-state index < -0.39 is 0 Å². The molecule has 2 rings (SSSR count). The van der Waals surface area contributed by atoms with E-state index in [9.17, 15) is 4.79 Å². The van der Waals surface area contributed by atoms with Crippen LogP contribution in [0.4, 0.5) is 0 Å². The van der Waals surface area contributed by atoms with Crippen LogP contribution >= 0.6 is 0 Å². The maximum absolute atomic E-state index is 12.1. The highest BCUT2D eigenvalue weighted by Crippen LogP contribution is 2.15. The van der Waals surface area contributed by atoms with Gasteiger partial charge in [0.1, 0.15) is 26.5 Å². The summed E-state index contributed by atoms with van der Waals surface area (Å²) in [5.74, 6) is 0.0777. The number of oxime groups is 2. The van der Waals surface area contributed by atoms with Gasteiger partial charge in [-0.3, -0.25) is 4.79 Å². The van der Waals surface area contributed by atoms with Gasteiger partial charge in [0.2, 0.25) is 5.88 Å². The van der Waals surface area contributed by atoms with E-state index in [1.807, 2.05) is 30.3 Å². The Kier molecular flexibility index (Phi) is 7.30. The molecule has 1 amide bonds. The molecule has 0 radical (unpaired) electrons. The Hall–Kier alpha value is -3.42. The van der Waals surface area contributed by atoms with Gasteiger partial charge in [-0.1, -0.05) is 40.6 Å². The lowest BCUT2D eigenvalue weighted by atomic mass is 10.0. The lowest BCUT2D eigenvalue weighted by Crippen LogP contribution is -2.29. The molecule has 0 saturated carbocycles. The summed E-state index contributed by atoms with van der Waals surface area (Å²) in [6.07, 6.45) is 0. The van der Waals surface area contributed by atoms with E-state index in [0.29, 0.717) is 22.8 Å². The van der Waals surface area contributed by atoms with Crippen molar-refractivity contribution in [3.8, 4) is 5.88 Å². The van der Waals surface area contributed by atoms with Crippen LogP contribution in [0.5, 0.6) is 5.88 Å². The van der Waals surface area contributed by atoms with Crippen LogP contribution in [0, 0.1) is 0 Å². The van der Waals surface area contributed by atoms with E-state index in [4.69, 9.17) is 14.4 Å². The third-order valence-electron chi connectivity index (χ3n) is 3.60. The van der Waals surface area contributed by atoms with Crippen LogP contribution in [0.2, 0.25) is 0 Å². The van der Waals surface area contributed by atoms with Crippen LogP contribution in [0.15, 0.2) is 52.8 Å². The average Bonchev–Trinajstić information content (AvgIpc) is 2.70.